The first-order chi connectivity index (χ1) is 16.4. The molecule has 7 nitrogen and oxygen atoms in total. The molecule has 0 amide bonds. The molecular formula is C28H39N3O4. The van der Waals surface area contributed by atoms with Crippen LogP contribution in [0.2, 0.25) is 0 Å². The summed E-state index contributed by atoms with van der Waals surface area (Å²) in [5, 5.41) is 14.8. The minimum atomic E-state index is -0.983. The molecule has 190 valence electrons. The van der Waals surface area contributed by atoms with Crippen molar-refractivity contribution in [3.63, 3.8) is 0 Å². The van der Waals surface area contributed by atoms with Crippen LogP contribution in [0.3, 0.4) is 0 Å². The standard InChI is InChI=1S/C28H39N3O4/c1-10-12-18(3)33-27(32)35-21(6)34-26(25-19(4)20(5)30-31(25)11-2)24(17-29)22-13-15-23(16-14-22)28(7,8)9/h13-16,18,21H,10-12H2,1-9H3/b26-24-. The van der Waals surface area contributed by atoms with Gasteiger partial charge in [0.1, 0.15) is 23.4 Å². The third-order valence-electron chi connectivity index (χ3n) is 5.86. The van der Waals surface area contributed by atoms with E-state index in [1.165, 1.54) is 0 Å². The zero-order valence-electron chi connectivity index (χ0n) is 22.6. The molecule has 0 fully saturated rings. The Labute approximate surface area is 209 Å². The number of aryl methyl sites for hydroxylation is 2. The monoisotopic (exact) mass is 481 g/mol. The number of rotatable bonds is 9. The summed E-state index contributed by atoms with van der Waals surface area (Å²) in [7, 11) is 0. The van der Waals surface area contributed by atoms with Crippen molar-refractivity contribution in [2.45, 2.75) is 99.5 Å². The molecule has 0 bridgehead atoms. The summed E-state index contributed by atoms with van der Waals surface area (Å²) in [5.74, 6) is 0.317. The Morgan fingerprint density at radius 2 is 1.71 bits per heavy atom. The molecular weight excluding hydrogens is 442 g/mol. The fourth-order valence-electron chi connectivity index (χ4n) is 3.79. The molecule has 2 aromatic rings. The van der Waals surface area contributed by atoms with Crippen LogP contribution in [0.5, 0.6) is 0 Å². The second-order valence-corrected chi connectivity index (χ2v) is 9.79. The number of nitriles is 1. The van der Waals surface area contributed by atoms with Crippen LogP contribution in [-0.4, -0.2) is 28.3 Å². The maximum absolute atomic E-state index is 12.3. The van der Waals surface area contributed by atoms with Gasteiger partial charge in [0.15, 0.2) is 5.76 Å². The first-order valence-corrected chi connectivity index (χ1v) is 12.3. The molecule has 0 saturated carbocycles. The summed E-state index contributed by atoms with van der Waals surface area (Å²) in [5.41, 5.74) is 4.61. The second kappa shape index (κ2) is 11.9. The van der Waals surface area contributed by atoms with Gasteiger partial charge in [-0.1, -0.05) is 58.4 Å². The predicted molar refractivity (Wildman–Crippen MR) is 137 cm³/mol. The number of aromatic nitrogens is 2. The fourth-order valence-corrected chi connectivity index (χ4v) is 3.79. The van der Waals surface area contributed by atoms with E-state index < -0.39 is 12.4 Å². The Balaban J connectivity index is 2.53. The van der Waals surface area contributed by atoms with E-state index in [2.05, 4.69) is 31.9 Å². The van der Waals surface area contributed by atoms with Crippen LogP contribution in [0, 0.1) is 25.2 Å². The van der Waals surface area contributed by atoms with Crippen molar-refractivity contribution in [2.24, 2.45) is 0 Å². The fraction of sp³-hybridized carbons (Fsp3) is 0.536. The van der Waals surface area contributed by atoms with Gasteiger partial charge in [-0.15, -0.1) is 0 Å². The first kappa shape index (κ1) is 28.0. The van der Waals surface area contributed by atoms with Gasteiger partial charge < -0.3 is 14.2 Å². The van der Waals surface area contributed by atoms with Crippen LogP contribution < -0.4 is 0 Å². The number of hydrogen-bond donors (Lipinski definition) is 0. The van der Waals surface area contributed by atoms with Crippen LogP contribution >= 0.6 is 0 Å². The van der Waals surface area contributed by atoms with Gasteiger partial charge in [0.25, 0.3) is 0 Å². The van der Waals surface area contributed by atoms with Gasteiger partial charge in [0.05, 0.1) is 5.69 Å². The van der Waals surface area contributed by atoms with Crippen LogP contribution in [0.25, 0.3) is 11.3 Å². The van der Waals surface area contributed by atoms with Gasteiger partial charge in [0, 0.05) is 19.0 Å². The van der Waals surface area contributed by atoms with E-state index in [0.29, 0.717) is 29.1 Å². The average Bonchev–Trinajstić information content (AvgIpc) is 3.06. The van der Waals surface area contributed by atoms with Crippen molar-refractivity contribution in [1.82, 2.24) is 9.78 Å². The molecule has 0 aliphatic rings. The molecule has 2 rings (SSSR count). The van der Waals surface area contributed by atoms with E-state index in [1.54, 1.807) is 11.6 Å². The minimum Gasteiger partial charge on any atom is -0.451 e. The number of allylic oxidation sites excluding steroid dienone is 1. The number of carbonyl (C=O) groups is 1. The normalized spacial score (nSPS) is 13.9. The Kier molecular flexibility index (Phi) is 9.53. The first-order valence-electron chi connectivity index (χ1n) is 12.3. The van der Waals surface area contributed by atoms with Crippen LogP contribution in [0.1, 0.15) is 89.4 Å². The highest BCUT2D eigenvalue weighted by Crippen LogP contribution is 2.33. The van der Waals surface area contributed by atoms with Gasteiger partial charge >= 0.3 is 6.16 Å². The van der Waals surface area contributed by atoms with Crippen molar-refractivity contribution in [3.05, 3.63) is 52.3 Å². The lowest BCUT2D eigenvalue weighted by atomic mass is 9.86. The van der Waals surface area contributed by atoms with Gasteiger partial charge in [-0.2, -0.15) is 10.4 Å². The van der Waals surface area contributed by atoms with E-state index >= 15 is 0 Å². The van der Waals surface area contributed by atoms with Gasteiger partial charge in [-0.05, 0) is 50.7 Å². The lowest BCUT2D eigenvalue weighted by Crippen LogP contribution is -2.23. The third-order valence-corrected chi connectivity index (χ3v) is 5.86. The molecule has 2 unspecified atom stereocenters. The van der Waals surface area contributed by atoms with Gasteiger partial charge in [0.2, 0.25) is 6.29 Å². The summed E-state index contributed by atoms with van der Waals surface area (Å²) >= 11 is 0. The second-order valence-electron chi connectivity index (χ2n) is 9.79. The maximum atomic E-state index is 12.3. The summed E-state index contributed by atoms with van der Waals surface area (Å²) < 4.78 is 18.6. The molecule has 0 saturated heterocycles. The van der Waals surface area contributed by atoms with Crippen molar-refractivity contribution >= 4 is 17.5 Å². The van der Waals surface area contributed by atoms with Crippen LogP contribution in [0.15, 0.2) is 24.3 Å². The van der Waals surface area contributed by atoms with Gasteiger partial charge in [-0.3, -0.25) is 4.68 Å². The van der Waals surface area contributed by atoms with Crippen LogP contribution in [0.4, 0.5) is 4.79 Å². The molecule has 1 aromatic carbocycles. The highest BCUT2D eigenvalue weighted by Gasteiger charge is 2.25. The highest BCUT2D eigenvalue weighted by atomic mass is 16.8. The molecule has 0 N–H and O–H groups in total. The number of nitrogens with zero attached hydrogens (tertiary/aromatic N) is 3. The molecule has 1 heterocycles. The largest absolute Gasteiger partial charge is 0.511 e. The molecule has 0 aliphatic heterocycles. The lowest BCUT2D eigenvalue weighted by molar-refractivity contribution is -0.0758. The number of benzene rings is 1. The molecule has 0 spiro atoms. The number of carbonyl (C=O) groups excluding carboxylic acids is 1. The molecule has 7 heteroatoms. The Bertz CT molecular complexity index is 1090. The van der Waals surface area contributed by atoms with Crippen LogP contribution in [-0.2, 0) is 26.2 Å². The third kappa shape index (κ3) is 7.11. The number of ether oxygens (including phenoxy) is 3. The van der Waals surface area contributed by atoms with E-state index in [4.69, 9.17) is 14.2 Å². The van der Waals surface area contributed by atoms with Crippen molar-refractivity contribution < 1.29 is 19.0 Å². The van der Waals surface area contributed by atoms with Gasteiger partial charge in [-0.25, -0.2) is 4.79 Å². The smallest absolute Gasteiger partial charge is 0.451 e. The van der Waals surface area contributed by atoms with E-state index in [9.17, 15) is 10.1 Å². The summed E-state index contributed by atoms with van der Waals surface area (Å²) in [6, 6.07) is 10.2. The van der Waals surface area contributed by atoms with E-state index in [0.717, 1.165) is 29.7 Å². The zero-order valence-corrected chi connectivity index (χ0v) is 22.6. The SMILES string of the molecule is CCCC(C)OC(=O)OC(C)O/C(=C(/C#N)c1ccc(C(C)(C)C)cc1)c1c(C)c(C)nn1CC. The Hall–Kier alpha value is -3.27. The van der Waals surface area contributed by atoms with Crippen molar-refractivity contribution in [1.29, 1.82) is 5.26 Å². The van der Waals surface area contributed by atoms with E-state index in [1.807, 2.05) is 58.9 Å². The average molecular weight is 482 g/mol. The number of hydrogen-bond acceptors (Lipinski definition) is 6. The highest BCUT2D eigenvalue weighted by molar-refractivity contribution is 5.94. The van der Waals surface area contributed by atoms with Crippen molar-refractivity contribution in [2.75, 3.05) is 0 Å². The molecule has 2 atom stereocenters. The zero-order chi connectivity index (χ0) is 26.3. The Morgan fingerprint density at radius 1 is 1.09 bits per heavy atom. The molecule has 35 heavy (non-hydrogen) atoms. The quantitative estimate of drug-likeness (QED) is 0.167. The molecule has 0 radical (unpaired) electrons. The summed E-state index contributed by atoms with van der Waals surface area (Å²) in [6.45, 7) is 18.3. The van der Waals surface area contributed by atoms with Crippen molar-refractivity contribution in [3.8, 4) is 6.07 Å². The molecule has 0 aliphatic carbocycles. The minimum absolute atomic E-state index is 0.0134. The van der Waals surface area contributed by atoms with E-state index in [-0.39, 0.29) is 11.5 Å². The Morgan fingerprint density at radius 3 is 2.23 bits per heavy atom. The predicted octanol–water partition coefficient (Wildman–Crippen LogP) is 6.91. The molecule has 1 aromatic heterocycles. The topological polar surface area (TPSA) is 86.4 Å². The lowest BCUT2D eigenvalue weighted by Gasteiger charge is -2.22. The summed E-state index contributed by atoms with van der Waals surface area (Å²) in [6.07, 6.45) is -0.400. The summed E-state index contributed by atoms with van der Waals surface area (Å²) in [4.78, 5) is 12.3. The maximum Gasteiger partial charge on any atom is 0.511 e.